The van der Waals surface area contributed by atoms with Gasteiger partial charge in [-0.15, -0.1) is 0 Å². The third kappa shape index (κ3) is 15.6. The first-order chi connectivity index (χ1) is 44.7. The molecule has 2 amide bonds. The molecule has 0 atom stereocenters. The molecule has 6 radical (unpaired) electrons. The van der Waals surface area contributed by atoms with E-state index in [0.717, 1.165) is 55.2 Å². The molecule has 0 saturated heterocycles. The summed E-state index contributed by atoms with van der Waals surface area (Å²) in [5.41, 5.74) is 7.12. The molecule has 1 fully saturated rings. The summed E-state index contributed by atoms with van der Waals surface area (Å²) in [6, 6.07) is 106. The van der Waals surface area contributed by atoms with Gasteiger partial charge in [0, 0.05) is 21.9 Å². The van der Waals surface area contributed by atoms with Gasteiger partial charge < -0.3 is 9.80 Å². The van der Waals surface area contributed by atoms with Crippen LogP contribution in [0.25, 0.3) is 32.7 Å². The monoisotopic (exact) mass is 1350 g/mol. The molecule has 12 aromatic rings. The second kappa shape index (κ2) is 31.9. The number of hydrogen-bond acceptors (Lipinski definition) is 2. The number of benzene rings is 12. The molecular formula is C82H68Cl2N2O2P2Ru. The predicted octanol–water partition coefficient (Wildman–Crippen LogP) is 18.9. The van der Waals surface area contributed by atoms with Gasteiger partial charge >= 0.3 is 34.5 Å². The number of anilines is 2. The van der Waals surface area contributed by atoms with Crippen LogP contribution >= 0.6 is 35.2 Å². The van der Waals surface area contributed by atoms with Crippen LogP contribution < -0.4 is 41.6 Å². The van der Waals surface area contributed by atoms with E-state index in [1.807, 2.05) is 107 Å². The minimum absolute atomic E-state index is 0.0813. The molecule has 0 N–H and O–H groups in total. The molecule has 1 aliphatic carbocycles. The Balaban J connectivity index is 0.000000589. The van der Waals surface area contributed by atoms with E-state index in [4.69, 9.17) is 19.4 Å². The number of carbonyl (C=O) groups excluding carboxylic acids is 2. The van der Waals surface area contributed by atoms with E-state index in [1.165, 1.54) is 43.7 Å². The number of rotatable bonds is 16. The molecule has 0 aromatic heterocycles. The van der Waals surface area contributed by atoms with Crippen LogP contribution in [0.5, 0.6) is 0 Å². The zero-order valence-corrected chi connectivity index (χ0v) is 55.9. The van der Waals surface area contributed by atoms with E-state index in [2.05, 4.69) is 253 Å². The first-order valence-electron chi connectivity index (χ1n) is 30.4. The number of nitrogens with zero attached hydrogens (tertiary/aromatic N) is 2. The van der Waals surface area contributed by atoms with Crippen molar-refractivity contribution in [2.75, 3.05) is 9.80 Å². The van der Waals surface area contributed by atoms with E-state index in [9.17, 15) is 0 Å². The topological polar surface area (TPSA) is 40.6 Å². The van der Waals surface area contributed by atoms with Crippen LogP contribution in [0, 0.1) is 43.4 Å². The molecule has 12 aromatic carbocycles. The molecule has 1 saturated carbocycles. The molecule has 13 rings (SSSR count). The zero-order valence-electron chi connectivity index (χ0n) is 50.9. The van der Waals surface area contributed by atoms with E-state index < -0.39 is 15.8 Å². The summed E-state index contributed by atoms with van der Waals surface area (Å²) in [6.45, 7) is 7.28. The van der Waals surface area contributed by atoms with Crippen molar-refractivity contribution in [3.63, 3.8) is 0 Å². The Morgan fingerprint density at radius 1 is 0.363 bits per heavy atom. The van der Waals surface area contributed by atoms with Crippen LogP contribution in [0.1, 0.15) is 52.6 Å². The molecule has 450 valence electrons. The number of fused-ring (bicyclic) bond motifs is 2. The van der Waals surface area contributed by atoms with Gasteiger partial charge in [0.25, 0.3) is 11.8 Å². The fourth-order valence-electron chi connectivity index (χ4n) is 11.7. The summed E-state index contributed by atoms with van der Waals surface area (Å²) in [5, 5.41) is 11.2. The second-order valence-electron chi connectivity index (χ2n) is 22.3. The van der Waals surface area contributed by atoms with Crippen molar-refractivity contribution in [1.29, 1.82) is 0 Å². The summed E-state index contributed by atoms with van der Waals surface area (Å²) in [7, 11) is 7.30. The summed E-state index contributed by atoms with van der Waals surface area (Å²) >= 11 is -0.346. The zero-order chi connectivity index (χ0) is 62.9. The third-order valence-electron chi connectivity index (χ3n) is 16.0. The quantitative estimate of drug-likeness (QED) is 0.0714. The number of hydrogen-bond donors (Lipinski definition) is 0. The minimum atomic E-state index is -1.20. The van der Waals surface area contributed by atoms with Gasteiger partial charge in [0.05, 0.1) is 24.5 Å². The summed E-state index contributed by atoms with van der Waals surface area (Å²) in [4.78, 5) is 34.3. The SMILES string of the molecule is C[C]1[CH][CH][C](C(C)C)[CH][CH]1.O=C(c1ccccc1)N(Cc1ccccc1)c1cccc2c(-c3c(P(c4ccccc4)c4ccccc4)ccc4c(N(Cc5ccccc5)C(=O)c5ccccc5)cccc34)c(P(c3ccccc3)c3ccccc3)ccc12.[Cl][Ru][Cl]. The Bertz CT molecular complexity index is 3940. The molecule has 0 spiro atoms. The number of amides is 2. The molecule has 0 unspecified atom stereocenters. The molecule has 0 heterocycles. The Morgan fingerprint density at radius 2 is 0.659 bits per heavy atom. The van der Waals surface area contributed by atoms with E-state index in [-0.39, 0.29) is 27.0 Å². The molecule has 1 aliphatic rings. The fourth-order valence-corrected chi connectivity index (χ4v) is 16.6. The van der Waals surface area contributed by atoms with Crippen LogP contribution in [0.2, 0.25) is 0 Å². The van der Waals surface area contributed by atoms with Gasteiger partial charge in [-0.2, -0.15) is 0 Å². The Morgan fingerprint density at radius 3 is 0.967 bits per heavy atom. The molecule has 0 bridgehead atoms. The van der Waals surface area contributed by atoms with Crippen LogP contribution in [0.15, 0.2) is 303 Å². The number of halogens is 2. The standard InChI is InChI=1S/C72H54N2O2P2.C10H14.2ClH.Ru/c75-71(55-31-13-3-14-32-55)73(51-53-27-9-1-10-28-53)65-45-25-43-63-61(65)47-49-67(77(57-35-17-5-18-36-57)58-37-19-6-20-38-58)69(63)70-64-44-26-46-66(74(52-54-29-11-2-12-30-54)72(76)56-33-15-4-16-34-56)62(64)48-50-68(70)78(59-39-21-7-22-40-59)60-41-23-8-24-42-60;1-8(2)10-6-4-9(3)5-7-10;;;/h1-50H,51-52H2;4-8H,1-3H3;2*1H;/q;;;;+2/p-2. The van der Waals surface area contributed by atoms with Crippen molar-refractivity contribution in [1.82, 2.24) is 0 Å². The van der Waals surface area contributed by atoms with E-state index in [0.29, 0.717) is 30.1 Å². The normalized spacial score (nSPS) is 12.5. The number of carbonyl (C=O) groups is 2. The van der Waals surface area contributed by atoms with Crippen molar-refractivity contribution in [3.05, 3.63) is 363 Å². The van der Waals surface area contributed by atoms with Crippen molar-refractivity contribution in [3.8, 4) is 11.1 Å². The van der Waals surface area contributed by atoms with Gasteiger partial charge in [0.1, 0.15) is 0 Å². The van der Waals surface area contributed by atoms with Gasteiger partial charge in [-0.05, 0) is 161 Å². The Hall–Kier alpha value is -7.84. The van der Waals surface area contributed by atoms with Gasteiger partial charge in [-0.1, -0.05) is 288 Å². The van der Waals surface area contributed by atoms with E-state index in [1.54, 1.807) is 0 Å². The maximum absolute atomic E-state index is 15.2. The predicted molar refractivity (Wildman–Crippen MR) is 387 cm³/mol. The third-order valence-corrected chi connectivity index (χ3v) is 21.0. The van der Waals surface area contributed by atoms with Crippen LogP contribution in [0.3, 0.4) is 0 Å². The van der Waals surface area contributed by atoms with Crippen molar-refractivity contribution < 1.29 is 24.7 Å². The Labute approximate surface area is 556 Å². The van der Waals surface area contributed by atoms with Gasteiger partial charge in [-0.25, -0.2) is 0 Å². The summed E-state index contributed by atoms with van der Waals surface area (Å²) in [5.74, 6) is 3.25. The van der Waals surface area contributed by atoms with Crippen molar-refractivity contribution >= 4 is 112 Å². The maximum atomic E-state index is 15.2. The summed E-state index contributed by atoms with van der Waals surface area (Å²) < 4.78 is 0. The van der Waals surface area contributed by atoms with Crippen LogP contribution in [0.4, 0.5) is 11.4 Å². The van der Waals surface area contributed by atoms with Crippen molar-refractivity contribution in [2.24, 2.45) is 5.92 Å². The van der Waals surface area contributed by atoms with Crippen molar-refractivity contribution in [2.45, 2.75) is 33.9 Å². The average molecular weight is 1350 g/mol. The van der Waals surface area contributed by atoms with Gasteiger partial charge in [-0.3, -0.25) is 9.59 Å². The van der Waals surface area contributed by atoms with Gasteiger partial charge in [0.2, 0.25) is 0 Å². The Kier molecular flexibility index (Phi) is 22.7. The molecule has 91 heavy (non-hydrogen) atoms. The summed E-state index contributed by atoms with van der Waals surface area (Å²) in [6.07, 6.45) is 8.71. The van der Waals surface area contributed by atoms with Gasteiger partial charge in [0.15, 0.2) is 0 Å². The average Bonchev–Trinajstić information content (AvgIpc) is 0.757. The molecular weight excluding hydrogens is 1280 g/mol. The first kappa shape index (κ1) is 64.7. The molecule has 4 nitrogen and oxygen atoms in total. The van der Waals surface area contributed by atoms with Crippen LogP contribution in [-0.2, 0) is 28.2 Å². The second-order valence-corrected chi connectivity index (χ2v) is 29.3. The van der Waals surface area contributed by atoms with E-state index >= 15 is 9.59 Å². The molecule has 0 aliphatic heterocycles. The first-order valence-corrected chi connectivity index (χ1v) is 37.5. The fraction of sp³-hybridized carbons (Fsp3) is 0.0732. The molecule has 9 heteroatoms. The van der Waals surface area contributed by atoms with Crippen LogP contribution in [-0.4, -0.2) is 11.8 Å².